The standard InChI is InChI=1S/C23H24ClN3O4S/c1-29-18-11-15(12-19(30-2)21(18)31-3)13-20-22(28)25-23(32-20)27-9-7-26(8-10-27)17-6-4-5-16(24)14-17/h4-6,11-14H,7-10H2,1-3H3/b20-13-. The maximum absolute atomic E-state index is 12.6. The van der Waals surface area contributed by atoms with Gasteiger partial charge >= 0.3 is 0 Å². The van der Waals surface area contributed by atoms with E-state index in [9.17, 15) is 4.79 Å². The van der Waals surface area contributed by atoms with E-state index in [0.717, 1.165) is 47.6 Å². The van der Waals surface area contributed by atoms with Gasteiger partial charge in [0.1, 0.15) is 0 Å². The molecule has 0 radical (unpaired) electrons. The van der Waals surface area contributed by atoms with E-state index in [2.05, 4.69) is 20.9 Å². The van der Waals surface area contributed by atoms with E-state index >= 15 is 0 Å². The largest absolute Gasteiger partial charge is 0.493 e. The van der Waals surface area contributed by atoms with Crippen LogP contribution in [0.5, 0.6) is 17.2 Å². The summed E-state index contributed by atoms with van der Waals surface area (Å²) in [5.74, 6) is 1.34. The topological polar surface area (TPSA) is 63.6 Å². The highest BCUT2D eigenvalue weighted by atomic mass is 35.5. The van der Waals surface area contributed by atoms with Crippen molar-refractivity contribution >= 4 is 46.2 Å². The van der Waals surface area contributed by atoms with Crippen molar-refractivity contribution in [2.75, 3.05) is 52.4 Å². The van der Waals surface area contributed by atoms with Crippen LogP contribution in [-0.4, -0.2) is 63.5 Å². The van der Waals surface area contributed by atoms with E-state index in [1.807, 2.05) is 30.3 Å². The number of ether oxygens (including phenoxy) is 3. The zero-order chi connectivity index (χ0) is 22.7. The number of piperazine rings is 1. The van der Waals surface area contributed by atoms with Gasteiger partial charge in [0.2, 0.25) is 5.75 Å². The first-order valence-corrected chi connectivity index (χ1v) is 11.3. The number of benzene rings is 2. The summed E-state index contributed by atoms with van der Waals surface area (Å²) in [6.45, 7) is 3.23. The highest BCUT2D eigenvalue weighted by Crippen LogP contribution is 2.40. The SMILES string of the molecule is COc1cc(/C=C2\SC(N3CCN(c4cccc(Cl)c4)CC3)=NC2=O)cc(OC)c1OC. The first-order valence-electron chi connectivity index (χ1n) is 10.1. The number of thioether (sulfide) groups is 1. The molecule has 0 saturated carbocycles. The Labute approximate surface area is 196 Å². The summed E-state index contributed by atoms with van der Waals surface area (Å²) >= 11 is 7.52. The lowest BCUT2D eigenvalue weighted by molar-refractivity contribution is -0.113. The quantitative estimate of drug-likeness (QED) is 0.604. The highest BCUT2D eigenvalue weighted by molar-refractivity contribution is 8.18. The Bertz CT molecular complexity index is 1060. The molecule has 1 fully saturated rings. The number of rotatable bonds is 5. The van der Waals surface area contributed by atoms with Crippen LogP contribution < -0.4 is 19.1 Å². The molecule has 0 N–H and O–H groups in total. The predicted octanol–water partition coefficient (Wildman–Crippen LogP) is 4.16. The number of aliphatic imine (C=N–C) groups is 1. The zero-order valence-electron chi connectivity index (χ0n) is 18.1. The average molecular weight is 474 g/mol. The second kappa shape index (κ2) is 9.75. The van der Waals surface area contributed by atoms with Gasteiger partial charge in [-0.15, -0.1) is 0 Å². The van der Waals surface area contributed by atoms with Gasteiger partial charge in [-0.2, -0.15) is 4.99 Å². The summed E-state index contributed by atoms with van der Waals surface area (Å²) in [4.78, 5) is 21.9. The maximum Gasteiger partial charge on any atom is 0.286 e. The monoisotopic (exact) mass is 473 g/mol. The van der Waals surface area contributed by atoms with E-state index in [1.54, 1.807) is 27.4 Å². The fourth-order valence-corrected chi connectivity index (χ4v) is 4.85. The Hall–Kier alpha value is -2.84. The number of amides is 1. The molecule has 0 unspecified atom stereocenters. The smallest absolute Gasteiger partial charge is 0.286 e. The van der Waals surface area contributed by atoms with Crippen LogP contribution in [-0.2, 0) is 4.79 Å². The molecule has 32 heavy (non-hydrogen) atoms. The van der Waals surface area contributed by atoms with Crippen molar-refractivity contribution in [2.45, 2.75) is 0 Å². The van der Waals surface area contributed by atoms with E-state index in [1.165, 1.54) is 11.8 Å². The van der Waals surface area contributed by atoms with Crippen molar-refractivity contribution in [2.24, 2.45) is 4.99 Å². The molecule has 4 rings (SSSR count). The lowest BCUT2D eigenvalue weighted by Crippen LogP contribution is -2.47. The Morgan fingerprint density at radius 3 is 2.22 bits per heavy atom. The van der Waals surface area contributed by atoms with Gasteiger partial charge in [0, 0.05) is 36.9 Å². The van der Waals surface area contributed by atoms with Gasteiger partial charge in [0.15, 0.2) is 16.7 Å². The lowest BCUT2D eigenvalue weighted by Gasteiger charge is -2.36. The van der Waals surface area contributed by atoms with E-state index in [-0.39, 0.29) is 5.91 Å². The first kappa shape index (κ1) is 22.4. The van der Waals surface area contributed by atoms with Crippen molar-refractivity contribution < 1.29 is 19.0 Å². The van der Waals surface area contributed by atoms with E-state index in [4.69, 9.17) is 25.8 Å². The van der Waals surface area contributed by atoms with Crippen LogP contribution in [0.3, 0.4) is 0 Å². The summed E-state index contributed by atoms with van der Waals surface area (Å²) in [5.41, 5.74) is 1.88. The molecule has 1 saturated heterocycles. The molecule has 168 valence electrons. The van der Waals surface area contributed by atoms with Crippen LogP contribution in [0.4, 0.5) is 5.69 Å². The molecule has 1 amide bonds. The summed E-state index contributed by atoms with van der Waals surface area (Å²) in [7, 11) is 4.68. The number of amidine groups is 1. The van der Waals surface area contributed by atoms with Gasteiger partial charge in [-0.25, -0.2) is 0 Å². The predicted molar refractivity (Wildman–Crippen MR) is 129 cm³/mol. The summed E-state index contributed by atoms with van der Waals surface area (Å²) in [6, 6.07) is 11.5. The highest BCUT2D eigenvalue weighted by Gasteiger charge is 2.29. The van der Waals surface area contributed by atoms with Gasteiger partial charge in [0.05, 0.1) is 26.2 Å². The first-order chi connectivity index (χ1) is 15.5. The third-order valence-electron chi connectivity index (χ3n) is 5.32. The molecule has 0 aromatic heterocycles. The van der Waals surface area contributed by atoms with Crippen molar-refractivity contribution in [3.05, 3.63) is 51.9 Å². The minimum atomic E-state index is -0.240. The number of hydrogen-bond donors (Lipinski definition) is 0. The fourth-order valence-electron chi connectivity index (χ4n) is 3.70. The van der Waals surface area contributed by atoms with Gasteiger partial charge in [0.25, 0.3) is 5.91 Å². The molecule has 2 aliphatic rings. The summed E-state index contributed by atoms with van der Waals surface area (Å²) < 4.78 is 16.2. The second-order valence-corrected chi connectivity index (χ2v) is 8.67. The van der Waals surface area contributed by atoms with Crippen LogP contribution in [0.2, 0.25) is 5.02 Å². The molecule has 0 atom stereocenters. The minimum absolute atomic E-state index is 0.240. The number of halogens is 1. The number of hydrogen-bond acceptors (Lipinski definition) is 7. The zero-order valence-corrected chi connectivity index (χ0v) is 19.7. The normalized spacial score (nSPS) is 17.6. The van der Waals surface area contributed by atoms with Gasteiger partial charge in [-0.05, 0) is 53.7 Å². The van der Waals surface area contributed by atoms with Gasteiger partial charge in [-0.1, -0.05) is 17.7 Å². The molecule has 2 aromatic rings. The molecule has 2 aliphatic heterocycles. The van der Waals surface area contributed by atoms with Crippen LogP contribution in [0.25, 0.3) is 6.08 Å². The molecule has 0 aliphatic carbocycles. The fraction of sp³-hybridized carbons (Fsp3) is 0.304. The third-order valence-corrected chi connectivity index (χ3v) is 6.60. The average Bonchev–Trinajstić information content (AvgIpc) is 3.18. The van der Waals surface area contributed by atoms with Crippen molar-refractivity contribution in [1.82, 2.24) is 4.90 Å². The number of carbonyl (C=O) groups excluding carboxylic acids is 1. The Morgan fingerprint density at radius 1 is 0.969 bits per heavy atom. The molecule has 0 spiro atoms. The third kappa shape index (κ3) is 4.66. The molecular formula is C23H24ClN3O4S. The van der Waals surface area contributed by atoms with Crippen molar-refractivity contribution in [3.63, 3.8) is 0 Å². The van der Waals surface area contributed by atoms with E-state index in [0.29, 0.717) is 22.2 Å². The number of nitrogens with zero attached hydrogens (tertiary/aromatic N) is 3. The lowest BCUT2D eigenvalue weighted by atomic mass is 10.1. The van der Waals surface area contributed by atoms with Gasteiger partial charge < -0.3 is 24.0 Å². The van der Waals surface area contributed by atoms with Crippen molar-refractivity contribution in [1.29, 1.82) is 0 Å². The van der Waals surface area contributed by atoms with Gasteiger partial charge in [-0.3, -0.25) is 4.79 Å². The van der Waals surface area contributed by atoms with Crippen LogP contribution in [0.1, 0.15) is 5.56 Å². The molecule has 7 nitrogen and oxygen atoms in total. The summed E-state index contributed by atoms with van der Waals surface area (Å²) in [5, 5.41) is 1.47. The minimum Gasteiger partial charge on any atom is -0.493 e. The molecule has 0 bridgehead atoms. The molecular weight excluding hydrogens is 450 g/mol. The maximum atomic E-state index is 12.6. The Balaban J connectivity index is 1.45. The second-order valence-electron chi connectivity index (χ2n) is 7.22. The number of methoxy groups -OCH3 is 3. The number of carbonyl (C=O) groups is 1. The van der Waals surface area contributed by atoms with E-state index < -0.39 is 0 Å². The molecule has 2 aromatic carbocycles. The van der Waals surface area contributed by atoms with Crippen LogP contribution >= 0.6 is 23.4 Å². The summed E-state index contributed by atoms with van der Waals surface area (Å²) in [6.07, 6.45) is 1.80. The molecule has 9 heteroatoms. The van der Waals surface area contributed by atoms with Crippen molar-refractivity contribution in [3.8, 4) is 17.2 Å². The number of anilines is 1. The Morgan fingerprint density at radius 2 is 1.62 bits per heavy atom. The molecule has 2 heterocycles. The van der Waals surface area contributed by atoms with Crippen LogP contribution in [0, 0.1) is 0 Å². The Kier molecular flexibility index (Phi) is 6.81. The van der Waals surface area contributed by atoms with Crippen LogP contribution in [0.15, 0.2) is 46.3 Å².